The van der Waals surface area contributed by atoms with Gasteiger partial charge < -0.3 is 15.2 Å². The molecule has 4 nitrogen and oxygen atoms in total. The average molecular weight is 250 g/mol. The molecule has 0 amide bonds. The second-order valence-electron chi connectivity index (χ2n) is 6.01. The SMILES string of the molecule is CC(C)C(N)c1cncn1CC1CCCN(C)C1. The van der Waals surface area contributed by atoms with Crippen LogP contribution in [-0.2, 0) is 6.54 Å². The van der Waals surface area contributed by atoms with Crippen molar-refractivity contribution in [1.82, 2.24) is 14.5 Å². The summed E-state index contributed by atoms with van der Waals surface area (Å²) in [5.41, 5.74) is 7.42. The highest BCUT2D eigenvalue weighted by Crippen LogP contribution is 2.22. The van der Waals surface area contributed by atoms with Crippen molar-refractivity contribution >= 4 is 0 Å². The van der Waals surface area contributed by atoms with E-state index in [1.54, 1.807) is 0 Å². The molecule has 0 saturated carbocycles. The molecule has 1 aliphatic heterocycles. The van der Waals surface area contributed by atoms with Crippen LogP contribution in [0.5, 0.6) is 0 Å². The summed E-state index contributed by atoms with van der Waals surface area (Å²) in [5, 5.41) is 0. The van der Waals surface area contributed by atoms with Crippen LogP contribution in [-0.4, -0.2) is 34.6 Å². The van der Waals surface area contributed by atoms with Crippen molar-refractivity contribution in [2.24, 2.45) is 17.6 Å². The number of aromatic nitrogens is 2. The minimum absolute atomic E-state index is 0.0915. The number of hydrogen-bond donors (Lipinski definition) is 1. The average Bonchev–Trinajstić information content (AvgIpc) is 2.76. The van der Waals surface area contributed by atoms with Gasteiger partial charge in [0.2, 0.25) is 0 Å². The number of rotatable bonds is 4. The van der Waals surface area contributed by atoms with Crippen molar-refractivity contribution in [3.8, 4) is 0 Å². The molecule has 102 valence electrons. The van der Waals surface area contributed by atoms with Gasteiger partial charge in [-0.15, -0.1) is 0 Å². The highest BCUT2D eigenvalue weighted by atomic mass is 15.1. The third kappa shape index (κ3) is 3.12. The zero-order chi connectivity index (χ0) is 13.1. The van der Waals surface area contributed by atoms with Crippen molar-refractivity contribution in [1.29, 1.82) is 0 Å². The Kier molecular flexibility index (Phi) is 4.40. The van der Waals surface area contributed by atoms with Gasteiger partial charge in [-0.3, -0.25) is 0 Å². The minimum Gasteiger partial charge on any atom is -0.333 e. The number of imidazole rings is 1. The fraction of sp³-hybridized carbons (Fsp3) is 0.786. The van der Waals surface area contributed by atoms with Gasteiger partial charge in [0.15, 0.2) is 0 Å². The molecule has 1 aromatic rings. The smallest absolute Gasteiger partial charge is 0.0948 e. The van der Waals surface area contributed by atoms with Crippen LogP contribution in [0.4, 0.5) is 0 Å². The lowest BCUT2D eigenvalue weighted by Gasteiger charge is -2.30. The molecule has 0 aromatic carbocycles. The molecule has 2 atom stereocenters. The maximum Gasteiger partial charge on any atom is 0.0948 e. The Morgan fingerprint density at radius 3 is 2.94 bits per heavy atom. The Hall–Kier alpha value is -0.870. The molecule has 2 N–H and O–H groups in total. The van der Waals surface area contributed by atoms with Gasteiger partial charge in [0.25, 0.3) is 0 Å². The molecular formula is C14H26N4. The first-order chi connectivity index (χ1) is 8.58. The lowest BCUT2D eigenvalue weighted by molar-refractivity contribution is 0.193. The van der Waals surface area contributed by atoms with E-state index in [4.69, 9.17) is 5.73 Å². The Morgan fingerprint density at radius 1 is 1.50 bits per heavy atom. The lowest BCUT2D eigenvalue weighted by Crippen LogP contribution is -2.34. The highest BCUT2D eigenvalue weighted by Gasteiger charge is 2.20. The van der Waals surface area contributed by atoms with Crippen LogP contribution in [0.1, 0.15) is 38.4 Å². The minimum atomic E-state index is 0.0915. The molecule has 2 unspecified atom stereocenters. The zero-order valence-corrected chi connectivity index (χ0v) is 11.8. The Balaban J connectivity index is 2.03. The first kappa shape index (κ1) is 13.6. The Morgan fingerprint density at radius 2 is 2.28 bits per heavy atom. The molecule has 18 heavy (non-hydrogen) atoms. The quantitative estimate of drug-likeness (QED) is 0.887. The molecule has 0 aliphatic carbocycles. The van der Waals surface area contributed by atoms with E-state index in [1.807, 2.05) is 12.5 Å². The van der Waals surface area contributed by atoms with E-state index in [-0.39, 0.29) is 6.04 Å². The zero-order valence-electron chi connectivity index (χ0n) is 11.8. The molecular weight excluding hydrogens is 224 g/mol. The molecule has 2 rings (SSSR count). The van der Waals surface area contributed by atoms with Crippen molar-refractivity contribution in [3.05, 3.63) is 18.2 Å². The van der Waals surface area contributed by atoms with E-state index in [0.717, 1.165) is 12.5 Å². The van der Waals surface area contributed by atoms with E-state index in [9.17, 15) is 0 Å². The van der Waals surface area contributed by atoms with Crippen LogP contribution in [0.25, 0.3) is 0 Å². The summed E-state index contributed by atoms with van der Waals surface area (Å²) in [6, 6.07) is 0.0915. The van der Waals surface area contributed by atoms with Gasteiger partial charge in [-0.05, 0) is 38.3 Å². The monoisotopic (exact) mass is 250 g/mol. The van der Waals surface area contributed by atoms with Crippen molar-refractivity contribution < 1.29 is 0 Å². The van der Waals surface area contributed by atoms with Gasteiger partial charge in [-0.25, -0.2) is 4.98 Å². The van der Waals surface area contributed by atoms with E-state index < -0.39 is 0 Å². The molecule has 1 aromatic heterocycles. The number of likely N-dealkylation sites (tertiary alicyclic amines) is 1. The number of nitrogens with two attached hydrogens (primary N) is 1. The molecule has 1 aliphatic rings. The third-order valence-electron chi connectivity index (χ3n) is 3.98. The number of piperidine rings is 1. The summed E-state index contributed by atoms with van der Waals surface area (Å²) in [5.74, 6) is 1.19. The molecule has 0 bridgehead atoms. The summed E-state index contributed by atoms with van der Waals surface area (Å²) >= 11 is 0. The van der Waals surface area contributed by atoms with Crippen LogP contribution >= 0.6 is 0 Å². The van der Waals surface area contributed by atoms with Gasteiger partial charge >= 0.3 is 0 Å². The third-order valence-corrected chi connectivity index (χ3v) is 3.98. The Labute approximate surface area is 110 Å². The normalized spacial score (nSPS) is 23.5. The van der Waals surface area contributed by atoms with Crippen LogP contribution in [0.15, 0.2) is 12.5 Å². The highest BCUT2D eigenvalue weighted by molar-refractivity contribution is 5.05. The molecule has 0 radical (unpaired) electrons. The standard InChI is InChI=1S/C14H26N4/c1-11(2)14(15)13-7-16-10-18(13)9-12-5-4-6-17(3)8-12/h7,10-12,14H,4-6,8-9,15H2,1-3H3. The van der Waals surface area contributed by atoms with Gasteiger partial charge in [-0.2, -0.15) is 0 Å². The second kappa shape index (κ2) is 5.85. The van der Waals surface area contributed by atoms with Crippen molar-refractivity contribution in [3.63, 3.8) is 0 Å². The van der Waals surface area contributed by atoms with E-state index >= 15 is 0 Å². The van der Waals surface area contributed by atoms with Gasteiger partial charge in [0.05, 0.1) is 12.0 Å². The second-order valence-corrected chi connectivity index (χ2v) is 6.01. The summed E-state index contributed by atoms with van der Waals surface area (Å²) in [6.45, 7) is 7.81. The summed E-state index contributed by atoms with van der Waals surface area (Å²) in [7, 11) is 2.21. The number of hydrogen-bond acceptors (Lipinski definition) is 3. The molecule has 1 saturated heterocycles. The summed E-state index contributed by atoms with van der Waals surface area (Å²) in [4.78, 5) is 6.70. The summed E-state index contributed by atoms with van der Waals surface area (Å²) in [6.07, 6.45) is 6.49. The fourth-order valence-electron chi connectivity index (χ4n) is 2.80. The molecule has 0 spiro atoms. The predicted molar refractivity (Wildman–Crippen MR) is 74.2 cm³/mol. The van der Waals surface area contributed by atoms with Crippen LogP contribution in [0.3, 0.4) is 0 Å². The maximum atomic E-state index is 6.24. The fourth-order valence-corrected chi connectivity index (χ4v) is 2.80. The topological polar surface area (TPSA) is 47.1 Å². The van der Waals surface area contributed by atoms with Gasteiger partial charge in [0, 0.05) is 25.3 Å². The maximum absolute atomic E-state index is 6.24. The summed E-state index contributed by atoms with van der Waals surface area (Å²) < 4.78 is 2.26. The van der Waals surface area contributed by atoms with E-state index in [2.05, 4.69) is 35.3 Å². The van der Waals surface area contributed by atoms with E-state index in [1.165, 1.54) is 31.6 Å². The lowest BCUT2D eigenvalue weighted by atomic mass is 9.97. The Bertz CT molecular complexity index is 372. The number of nitrogens with zero attached hydrogens (tertiary/aromatic N) is 3. The van der Waals surface area contributed by atoms with Crippen LogP contribution in [0, 0.1) is 11.8 Å². The van der Waals surface area contributed by atoms with Crippen LogP contribution < -0.4 is 5.73 Å². The van der Waals surface area contributed by atoms with Gasteiger partial charge in [-0.1, -0.05) is 13.8 Å². The molecule has 2 heterocycles. The largest absolute Gasteiger partial charge is 0.333 e. The van der Waals surface area contributed by atoms with Crippen molar-refractivity contribution in [2.75, 3.05) is 20.1 Å². The predicted octanol–water partition coefficient (Wildman–Crippen LogP) is 1.88. The first-order valence-electron chi connectivity index (χ1n) is 7.02. The molecule has 1 fully saturated rings. The molecule has 4 heteroatoms. The van der Waals surface area contributed by atoms with E-state index in [0.29, 0.717) is 5.92 Å². The van der Waals surface area contributed by atoms with Crippen molar-refractivity contribution in [2.45, 2.75) is 39.3 Å². The van der Waals surface area contributed by atoms with Gasteiger partial charge in [0.1, 0.15) is 0 Å². The first-order valence-corrected chi connectivity index (χ1v) is 7.02. The van der Waals surface area contributed by atoms with Crippen LogP contribution in [0.2, 0.25) is 0 Å².